The molecule has 1 aromatic carbocycles. The lowest BCUT2D eigenvalue weighted by molar-refractivity contribution is -0.126. The lowest BCUT2D eigenvalue weighted by Crippen LogP contribution is -2.39. The van der Waals surface area contributed by atoms with E-state index in [9.17, 15) is 4.79 Å². The first-order chi connectivity index (χ1) is 11.6. The number of fused-ring (bicyclic) bond motifs is 2. The molecule has 130 valence electrons. The summed E-state index contributed by atoms with van der Waals surface area (Å²) in [6, 6.07) is 6.25. The average molecular weight is 332 g/mol. The molecule has 0 bridgehead atoms. The number of likely N-dealkylation sites (tertiary alicyclic amines) is 1. The van der Waals surface area contributed by atoms with Crippen LogP contribution in [0.15, 0.2) is 18.2 Å². The maximum absolute atomic E-state index is 12.4. The van der Waals surface area contributed by atoms with Crippen LogP contribution in [-0.4, -0.2) is 49.4 Å². The standard InChI is InChI=1S/C18H24N2O4/c1-11(2)19-18(21)14-9-22-17-8-20(7-13(14)17)6-12-3-4-15-16(5-12)24-10-23-15/h3-5,11,13-14,17H,6-10H2,1-2H3,(H,19,21)/t13-,14+,17-/m0/s1. The number of nitrogens with one attached hydrogen (secondary N) is 1. The Labute approximate surface area is 142 Å². The summed E-state index contributed by atoms with van der Waals surface area (Å²) in [6.45, 7) is 7.45. The first-order valence-corrected chi connectivity index (χ1v) is 8.63. The van der Waals surface area contributed by atoms with E-state index in [4.69, 9.17) is 14.2 Å². The SMILES string of the molecule is CC(C)NC(=O)[C@@H]1CO[C@H]2CN(Cc3ccc4c(c3)OCO4)C[C@H]21. The van der Waals surface area contributed by atoms with Crippen LogP contribution in [-0.2, 0) is 16.1 Å². The van der Waals surface area contributed by atoms with E-state index in [1.165, 1.54) is 5.56 Å². The van der Waals surface area contributed by atoms with E-state index in [1.54, 1.807) is 0 Å². The monoisotopic (exact) mass is 332 g/mol. The van der Waals surface area contributed by atoms with Crippen LogP contribution >= 0.6 is 0 Å². The molecule has 24 heavy (non-hydrogen) atoms. The van der Waals surface area contributed by atoms with Crippen LogP contribution in [0.25, 0.3) is 0 Å². The van der Waals surface area contributed by atoms with Crippen LogP contribution in [0.3, 0.4) is 0 Å². The third-order valence-electron chi connectivity index (χ3n) is 5.00. The van der Waals surface area contributed by atoms with Crippen LogP contribution < -0.4 is 14.8 Å². The van der Waals surface area contributed by atoms with Crippen molar-refractivity contribution in [2.45, 2.75) is 32.5 Å². The van der Waals surface area contributed by atoms with Gasteiger partial charge in [0.1, 0.15) is 0 Å². The third-order valence-corrected chi connectivity index (χ3v) is 5.00. The second-order valence-corrected chi connectivity index (χ2v) is 7.19. The fraction of sp³-hybridized carbons (Fsp3) is 0.611. The number of hydrogen-bond donors (Lipinski definition) is 1. The van der Waals surface area contributed by atoms with Crippen molar-refractivity contribution in [3.05, 3.63) is 23.8 Å². The van der Waals surface area contributed by atoms with Gasteiger partial charge < -0.3 is 19.5 Å². The Balaban J connectivity index is 1.39. The summed E-state index contributed by atoms with van der Waals surface area (Å²) in [5.74, 6) is 2.02. The van der Waals surface area contributed by atoms with Crippen LogP contribution in [0, 0.1) is 11.8 Å². The quantitative estimate of drug-likeness (QED) is 0.903. The van der Waals surface area contributed by atoms with Gasteiger partial charge >= 0.3 is 0 Å². The van der Waals surface area contributed by atoms with E-state index in [0.717, 1.165) is 31.1 Å². The third kappa shape index (κ3) is 2.96. The Morgan fingerprint density at radius 3 is 2.96 bits per heavy atom. The molecular formula is C18H24N2O4. The van der Waals surface area contributed by atoms with Crippen molar-refractivity contribution in [1.82, 2.24) is 10.2 Å². The number of hydrogen-bond acceptors (Lipinski definition) is 5. The summed E-state index contributed by atoms with van der Waals surface area (Å²) >= 11 is 0. The molecular weight excluding hydrogens is 308 g/mol. The van der Waals surface area contributed by atoms with Gasteiger partial charge in [-0.2, -0.15) is 0 Å². The zero-order valence-electron chi connectivity index (χ0n) is 14.2. The number of rotatable bonds is 4. The lowest BCUT2D eigenvalue weighted by atomic mass is 9.92. The number of nitrogens with zero attached hydrogens (tertiary/aromatic N) is 1. The van der Waals surface area contributed by atoms with Crippen LogP contribution in [0.2, 0.25) is 0 Å². The minimum atomic E-state index is -0.0286. The van der Waals surface area contributed by atoms with Gasteiger partial charge in [-0.05, 0) is 31.5 Å². The smallest absolute Gasteiger partial charge is 0.231 e. The number of carbonyl (C=O) groups excluding carboxylic acids is 1. The highest BCUT2D eigenvalue weighted by atomic mass is 16.7. The summed E-state index contributed by atoms with van der Waals surface area (Å²) in [7, 11) is 0. The molecule has 3 aliphatic rings. The molecule has 2 fully saturated rings. The first-order valence-electron chi connectivity index (χ1n) is 8.63. The van der Waals surface area contributed by atoms with Gasteiger partial charge in [-0.15, -0.1) is 0 Å². The molecule has 4 rings (SSSR count). The summed E-state index contributed by atoms with van der Waals surface area (Å²) in [5.41, 5.74) is 1.20. The van der Waals surface area contributed by atoms with E-state index in [-0.39, 0.29) is 29.9 Å². The number of amides is 1. The highest BCUT2D eigenvalue weighted by Gasteiger charge is 2.46. The van der Waals surface area contributed by atoms with Crippen molar-refractivity contribution in [2.24, 2.45) is 11.8 Å². The maximum atomic E-state index is 12.4. The predicted molar refractivity (Wildman–Crippen MR) is 87.8 cm³/mol. The molecule has 0 aliphatic carbocycles. The van der Waals surface area contributed by atoms with Crippen molar-refractivity contribution in [2.75, 3.05) is 26.5 Å². The molecule has 0 spiro atoms. The highest BCUT2D eigenvalue weighted by Crippen LogP contribution is 2.36. The fourth-order valence-electron chi connectivity index (χ4n) is 3.88. The van der Waals surface area contributed by atoms with E-state index in [0.29, 0.717) is 13.4 Å². The molecule has 0 saturated carbocycles. The zero-order chi connectivity index (χ0) is 16.7. The molecule has 0 unspecified atom stereocenters. The van der Waals surface area contributed by atoms with Crippen molar-refractivity contribution in [3.8, 4) is 11.5 Å². The highest BCUT2D eigenvalue weighted by molar-refractivity contribution is 5.79. The lowest BCUT2D eigenvalue weighted by Gasteiger charge is -2.20. The van der Waals surface area contributed by atoms with Crippen molar-refractivity contribution >= 4 is 5.91 Å². The topological polar surface area (TPSA) is 60.0 Å². The van der Waals surface area contributed by atoms with Gasteiger partial charge in [0.2, 0.25) is 12.7 Å². The molecule has 6 heteroatoms. The zero-order valence-corrected chi connectivity index (χ0v) is 14.2. The Bertz CT molecular complexity index is 633. The minimum absolute atomic E-state index is 0.0286. The first kappa shape index (κ1) is 15.7. The average Bonchev–Trinajstić information content (AvgIpc) is 3.20. The van der Waals surface area contributed by atoms with E-state index in [2.05, 4.69) is 16.3 Å². The van der Waals surface area contributed by atoms with Crippen molar-refractivity contribution < 1.29 is 19.0 Å². The van der Waals surface area contributed by atoms with Gasteiger partial charge in [0.25, 0.3) is 0 Å². The molecule has 2 saturated heterocycles. The van der Waals surface area contributed by atoms with E-state index in [1.807, 2.05) is 26.0 Å². The minimum Gasteiger partial charge on any atom is -0.454 e. The molecule has 0 aromatic heterocycles. The summed E-state index contributed by atoms with van der Waals surface area (Å²) in [4.78, 5) is 14.7. The molecule has 0 radical (unpaired) electrons. The van der Waals surface area contributed by atoms with Gasteiger partial charge in [0.15, 0.2) is 11.5 Å². The van der Waals surface area contributed by atoms with E-state index < -0.39 is 0 Å². The molecule has 3 atom stereocenters. The van der Waals surface area contributed by atoms with Gasteiger partial charge in [-0.1, -0.05) is 6.07 Å². The van der Waals surface area contributed by atoms with Crippen LogP contribution in [0.5, 0.6) is 11.5 Å². The molecule has 6 nitrogen and oxygen atoms in total. The number of ether oxygens (including phenoxy) is 3. The van der Waals surface area contributed by atoms with Gasteiger partial charge in [0.05, 0.1) is 18.6 Å². The maximum Gasteiger partial charge on any atom is 0.231 e. The summed E-state index contributed by atoms with van der Waals surface area (Å²) < 4.78 is 16.7. The molecule has 3 aliphatic heterocycles. The Kier molecular flexibility index (Phi) is 4.10. The van der Waals surface area contributed by atoms with Gasteiger partial charge in [-0.25, -0.2) is 0 Å². The second kappa shape index (κ2) is 6.26. The van der Waals surface area contributed by atoms with Gasteiger partial charge in [0, 0.05) is 31.6 Å². The largest absolute Gasteiger partial charge is 0.454 e. The number of carbonyl (C=O) groups is 1. The summed E-state index contributed by atoms with van der Waals surface area (Å²) in [5, 5.41) is 3.02. The van der Waals surface area contributed by atoms with Crippen LogP contribution in [0.4, 0.5) is 0 Å². The summed E-state index contributed by atoms with van der Waals surface area (Å²) in [6.07, 6.45) is 0.168. The van der Waals surface area contributed by atoms with Crippen molar-refractivity contribution in [3.63, 3.8) is 0 Å². The molecule has 1 amide bonds. The Morgan fingerprint density at radius 1 is 1.29 bits per heavy atom. The second-order valence-electron chi connectivity index (χ2n) is 7.19. The Morgan fingerprint density at radius 2 is 2.12 bits per heavy atom. The molecule has 3 heterocycles. The van der Waals surface area contributed by atoms with E-state index >= 15 is 0 Å². The van der Waals surface area contributed by atoms with Gasteiger partial charge in [-0.3, -0.25) is 9.69 Å². The Hall–Kier alpha value is -1.79. The van der Waals surface area contributed by atoms with Crippen LogP contribution in [0.1, 0.15) is 19.4 Å². The molecule has 1 N–H and O–H groups in total. The van der Waals surface area contributed by atoms with Crippen molar-refractivity contribution in [1.29, 1.82) is 0 Å². The predicted octanol–water partition coefficient (Wildman–Crippen LogP) is 1.39. The molecule has 1 aromatic rings. The number of benzene rings is 1. The fourth-order valence-corrected chi connectivity index (χ4v) is 3.88. The normalized spacial score (nSPS) is 28.4.